The van der Waals surface area contributed by atoms with Gasteiger partial charge in [-0.25, -0.2) is 0 Å². The van der Waals surface area contributed by atoms with Gasteiger partial charge in [-0.2, -0.15) is 0 Å². The lowest BCUT2D eigenvalue weighted by Gasteiger charge is -2.11. The number of carbonyl (C=O) groups is 1. The van der Waals surface area contributed by atoms with Crippen LogP contribution in [0, 0.1) is 0 Å². The smallest absolute Gasteiger partial charge is 0.201 e. The van der Waals surface area contributed by atoms with E-state index in [1.807, 2.05) is 24.3 Å². The average Bonchev–Trinajstić information content (AvgIpc) is 2.60. The minimum absolute atomic E-state index is 0.00474. The Morgan fingerprint density at radius 2 is 1.36 bits per heavy atom. The van der Waals surface area contributed by atoms with Crippen LogP contribution in [-0.4, -0.2) is 21.1 Å². The summed E-state index contributed by atoms with van der Waals surface area (Å²) in [5.74, 6) is -0.859. The zero-order valence-electron chi connectivity index (χ0n) is 13.1. The van der Waals surface area contributed by atoms with Crippen LogP contribution >= 0.6 is 0 Å². The van der Waals surface area contributed by atoms with Gasteiger partial charge in [-0.3, -0.25) is 4.79 Å². The van der Waals surface area contributed by atoms with E-state index in [4.69, 9.17) is 0 Å². The van der Waals surface area contributed by atoms with Crippen molar-refractivity contribution >= 4 is 27.3 Å². The summed E-state index contributed by atoms with van der Waals surface area (Å²) in [4.78, 5) is 13.1. The molecule has 0 spiro atoms. The second-order valence-corrected chi connectivity index (χ2v) is 5.91. The molecule has 25 heavy (non-hydrogen) atoms. The quantitative estimate of drug-likeness (QED) is 0.478. The van der Waals surface area contributed by atoms with Crippen molar-refractivity contribution in [2.24, 2.45) is 0 Å². The van der Waals surface area contributed by atoms with Gasteiger partial charge in [0, 0.05) is 5.39 Å². The van der Waals surface area contributed by atoms with E-state index in [1.54, 1.807) is 18.2 Å². The molecule has 0 amide bonds. The fourth-order valence-corrected chi connectivity index (χ4v) is 3.08. The number of phenolic OH excluding ortho intramolecular Hbond substituents is 3. The molecule has 4 rings (SSSR count). The molecular weight excluding hydrogens is 316 g/mol. The number of benzene rings is 4. The van der Waals surface area contributed by atoms with E-state index in [0.717, 1.165) is 10.8 Å². The van der Waals surface area contributed by atoms with E-state index in [9.17, 15) is 20.1 Å². The van der Waals surface area contributed by atoms with Gasteiger partial charge in [-0.05, 0) is 46.5 Å². The summed E-state index contributed by atoms with van der Waals surface area (Å²) in [5.41, 5.74) is 0.156. The van der Waals surface area contributed by atoms with Crippen molar-refractivity contribution in [2.45, 2.75) is 0 Å². The first-order chi connectivity index (χ1) is 12.0. The molecule has 0 aliphatic carbocycles. The first-order valence-corrected chi connectivity index (χ1v) is 7.76. The highest BCUT2D eigenvalue weighted by atomic mass is 16.3. The Labute approximate surface area is 143 Å². The first kappa shape index (κ1) is 15.0. The molecule has 0 heterocycles. The highest BCUT2D eigenvalue weighted by Gasteiger charge is 2.21. The Bertz CT molecular complexity index is 1140. The van der Waals surface area contributed by atoms with Gasteiger partial charge in [0.1, 0.15) is 17.2 Å². The molecular formula is C21H14O4. The Kier molecular flexibility index (Phi) is 3.32. The third-order valence-electron chi connectivity index (χ3n) is 4.32. The van der Waals surface area contributed by atoms with Crippen molar-refractivity contribution < 1.29 is 20.1 Å². The molecule has 4 aromatic rings. The Morgan fingerprint density at radius 3 is 2.12 bits per heavy atom. The SMILES string of the molecule is O=C(c1cc2ccccc2cc1O)c1c(O)ccc2ccc(O)cc12. The van der Waals surface area contributed by atoms with Crippen LogP contribution in [0.15, 0.2) is 66.7 Å². The maximum atomic E-state index is 13.1. The molecule has 0 aromatic heterocycles. The Morgan fingerprint density at radius 1 is 0.680 bits per heavy atom. The Balaban J connectivity index is 1.98. The maximum Gasteiger partial charge on any atom is 0.201 e. The lowest BCUT2D eigenvalue weighted by atomic mass is 9.94. The predicted molar refractivity (Wildman–Crippen MR) is 96.3 cm³/mol. The van der Waals surface area contributed by atoms with Crippen LogP contribution in [-0.2, 0) is 0 Å². The van der Waals surface area contributed by atoms with Crippen molar-refractivity contribution in [2.75, 3.05) is 0 Å². The van der Waals surface area contributed by atoms with Crippen LogP contribution in [0.4, 0.5) is 0 Å². The molecule has 4 nitrogen and oxygen atoms in total. The molecule has 4 heteroatoms. The van der Waals surface area contributed by atoms with Crippen LogP contribution in [0.25, 0.3) is 21.5 Å². The van der Waals surface area contributed by atoms with Crippen molar-refractivity contribution in [3.8, 4) is 17.2 Å². The number of carbonyl (C=O) groups excluding carboxylic acids is 1. The molecule has 0 saturated carbocycles. The van der Waals surface area contributed by atoms with Crippen molar-refractivity contribution in [3.63, 3.8) is 0 Å². The van der Waals surface area contributed by atoms with Gasteiger partial charge >= 0.3 is 0 Å². The van der Waals surface area contributed by atoms with Gasteiger partial charge in [-0.15, -0.1) is 0 Å². The molecule has 122 valence electrons. The second kappa shape index (κ2) is 5.53. The Hall–Kier alpha value is -3.53. The number of hydrogen-bond donors (Lipinski definition) is 3. The van der Waals surface area contributed by atoms with Crippen LogP contribution in [0.2, 0.25) is 0 Å². The summed E-state index contributed by atoms with van der Waals surface area (Å²) in [6.07, 6.45) is 0. The summed E-state index contributed by atoms with van der Waals surface area (Å²) >= 11 is 0. The third kappa shape index (κ3) is 2.44. The summed E-state index contributed by atoms with van der Waals surface area (Å²) < 4.78 is 0. The molecule has 0 bridgehead atoms. The minimum Gasteiger partial charge on any atom is -0.508 e. The molecule has 0 saturated heterocycles. The number of phenols is 3. The third-order valence-corrected chi connectivity index (χ3v) is 4.32. The van der Waals surface area contributed by atoms with E-state index < -0.39 is 5.78 Å². The van der Waals surface area contributed by atoms with Gasteiger partial charge in [-0.1, -0.05) is 36.4 Å². The van der Waals surface area contributed by atoms with E-state index in [2.05, 4.69) is 0 Å². The topological polar surface area (TPSA) is 77.8 Å². The number of aromatic hydroxyl groups is 3. The molecule has 4 aromatic carbocycles. The molecule has 0 atom stereocenters. The molecule has 0 radical (unpaired) electrons. The highest BCUT2D eigenvalue weighted by molar-refractivity contribution is 6.20. The monoisotopic (exact) mass is 330 g/mol. The predicted octanol–water partition coefficient (Wildman–Crippen LogP) is 4.34. The van der Waals surface area contributed by atoms with Gasteiger partial charge in [0.25, 0.3) is 0 Å². The van der Waals surface area contributed by atoms with Gasteiger partial charge in [0.05, 0.1) is 11.1 Å². The largest absolute Gasteiger partial charge is 0.508 e. The van der Waals surface area contributed by atoms with Gasteiger partial charge < -0.3 is 15.3 Å². The lowest BCUT2D eigenvalue weighted by Crippen LogP contribution is -2.03. The van der Waals surface area contributed by atoms with E-state index in [-0.39, 0.29) is 28.4 Å². The number of rotatable bonds is 2. The summed E-state index contributed by atoms with van der Waals surface area (Å²) in [7, 11) is 0. The standard InChI is InChI=1S/C21H14O4/c22-15-7-5-12-6-8-18(23)20(16(12)11-15)21(25)17-9-13-3-1-2-4-14(13)10-19(17)24/h1-11,22-24H. The van der Waals surface area contributed by atoms with Gasteiger partial charge in [0.15, 0.2) is 0 Å². The van der Waals surface area contributed by atoms with Crippen molar-refractivity contribution in [1.82, 2.24) is 0 Å². The van der Waals surface area contributed by atoms with E-state index in [0.29, 0.717) is 10.8 Å². The first-order valence-electron chi connectivity index (χ1n) is 7.76. The van der Waals surface area contributed by atoms with Gasteiger partial charge in [0.2, 0.25) is 5.78 Å². The van der Waals surface area contributed by atoms with Crippen LogP contribution in [0.5, 0.6) is 17.2 Å². The average molecular weight is 330 g/mol. The molecule has 0 aliphatic heterocycles. The maximum absolute atomic E-state index is 13.1. The molecule has 3 N–H and O–H groups in total. The lowest BCUT2D eigenvalue weighted by molar-refractivity contribution is 0.103. The zero-order chi connectivity index (χ0) is 17.6. The van der Waals surface area contributed by atoms with Crippen molar-refractivity contribution in [1.29, 1.82) is 0 Å². The minimum atomic E-state index is -0.503. The normalized spacial score (nSPS) is 11.0. The molecule has 0 unspecified atom stereocenters. The highest BCUT2D eigenvalue weighted by Crippen LogP contribution is 2.34. The summed E-state index contributed by atoms with van der Waals surface area (Å²) in [6, 6.07) is 18.2. The fourth-order valence-electron chi connectivity index (χ4n) is 3.08. The molecule has 0 fully saturated rings. The second-order valence-electron chi connectivity index (χ2n) is 5.91. The van der Waals surface area contributed by atoms with Crippen LogP contribution in [0.3, 0.4) is 0 Å². The number of fused-ring (bicyclic) bond motifs is 2. The van der Waals surface area contributed by atoms with Crippen LogP contribution < -0.4 is 0 Å². The van der Waals surface area contributed by atoms with E-state index >= 15 is 0 Å². The van der Waals surface area contributed by atoms with E-state index in [1.165, 1.54) is 24.3 Å². The number of hydrogen-bond acceptors (Lipinski definition) is 4. The fraction of sp³-hybridized carbons (Fsp3) is 0. The molecule has 0 aliphatic rings. The van der Waals surface area contributed by atoms with Crippen molar-refractivity contribution in [3.05, 3.63) is 77.9 Å². The zero-order valence-corrected chi connectivity index (χ0v) is 13.1. The summed E-state index contributed by atoms with van der Waals surface area (Å²) in [6.45, 7) is 0. The summed E-state index contributed by atoms with van der Waals surface area (Å²) in [5, 5.41) is 33.1. The number of ketones is 1. The van der Waals surface area contributed by atoms with Crippen LogP contribution in [0.1, 0.15) is 15.9 Å².